The van der Waals surface area contributed by atoms with Crippen LogP contribution < -0.4 is 0 Å². The SMILES string of the molecule is CC(C)(C)CCC(=O)N1CC2(COC2)C1. The smallest absolute Gasteiger partial charge is 0.222 e. The Kier molecular flexibility index (Phi) is 2.53. The maximum absolute atomic E-state index is 11.8. The minimum Gasteiger partial charge on any atom is -0.380 e. The van der Waals surface area contributed by atoms with Crippen molar-refractivity contribution in [3.05, 3.63) is 0 Å². The molecule has 0 saturated carbocycles. The quantitative estimate of drug-likeness (QED) is 0.695. The average Bonchev–Trinajstić information content (AvgIpc) is 1.93. The zero-order valence-corrected chi connectivity index (χ0v) is 10.0. The first kappa shape index (κ1) is 10.9. The topological polar surface area (TPSA) is 29.5 Å². The van der Waals surface area contributed by atoms with Crippen molar-refractivity contribution in [1.82, 2.24) is 4.90 Å². The molecule has 0 aromatic carbocycles. The number of hydrogen-bond acceptors (Lipinski definition) is 2. The number of carbonyl (C=O) groups excluding carboxylic acids is 1. The molecule has 3 nitrogen and oxygen atoms in total. The molecule has 2 aliphatic rings. The molecule has 0 aromatic rings. The predicted octanol–water partition coefficient (Wildman–Crippen LogP) is 1.67. The lowest BCUT2D eigenvalue weighted by Gasteiger charge is -2.55. The summed E-state index contributed by atoms with van der Waals surface area (Å²) in [7, 11) is 0. The molecule has 1 amide bonds. The van der Waals surface area contributed by atoms with Crippen LogP contribution in [0.3, 0.4) is 0 Å². The summed E-state index contributed by atoms with van der Waals surface area (Å²) in [6.07, 6.45) is 1.67. The zero-order valence-electron chi connectivity index (χ0n) is 10.0. The summed E-state index contributed by atoms with van der Waals surface area (Å²) in [6, 6.07) is 0. The second-order valence-corrected chi connectivity index (χ2v) is 6.30. The van der Waals surface area contributed by atoms with Crippen molar-refractivity contribution in [1.29, 1.82) is 0 Å². The van der Waals surface area contributed by atoms with E-state index < -0.39 is 0 Å². The molecule has 0 N–H and O–H groups in total. The molecular formula is C12H21NO2. The molecule has 0 aliphatic carbocycles. The fourth-order valence-corrected chi connectivity index (χ4v) is 2.15. The summed E-state index contributed by atoms with van der Waals surface area (Å²) in [5, 5.41) is 0. The zero-order chi connectivity index (χ0) is 11.1. The van der Waals surface area contributed by atoms with Crippen LogP contribution in [0.2, 0.25) is 0 Å². The van der Waals surface area contributed by atoms with Crippen LogP contribution in [0, 0.1) is 10.8 Å². The van der Waals surface area contributed by atoms with Gasteiger partial charge in [-0.3, -0.25) is 4.79 Å². The Bertz CT molecular complexity index is 255. The molecule has 2 heterocycles. The lowest BCUT2D eigenvalue weighted by molar-refractivity contribution is -0.195. The van der Waals surface area contributed by atoms with E-state index in [1.54, 1.807) is 0 Å². The van der Waals surface area contributed by atoms with E-state index in [0.29, 0.717) is 17.7 Å². The van der Waals surface area contributed by atoms with Crippen LogP contribution in [0.1, 0.15) is 33.6 Å². The summed E-state index contributed by atoms with van der Waals surface area (Å²) in [4.78, 5) is 13.8. The number of ether oxygens (including phenoxy) is 1. The fraction of sp³-hybridized carbons (Fsp3) is 0.917. The van der Waals surface area contributed by atoms with Crippen LogP contribution in [0.15, 0.2) is 0 Å². The van der Waals surface area contributed by atoms with Crippen molar-refractivity contribution in [3.8, 4) is 0 Å². The summed E-state index contributed by atoms with van der Waals surface area (Å²) in [6.45, 7) is 10.1. The first-order chi connectivity index (χ1) is 6.90. The van der Waals surface area contributed by atoms with Gasteiger partial charge in [0, 0.05) is 19.5 Å². The Hall–Kier alpha value is -0.570. The molecule has 2 fully saturated rings. The first-order valence-electron chi connectivity index (χ1n) is 5.76. The van der Waals surface area contributed by atoms with Crippen molar-refractivity contribution in [2.24, 2.45) is 10.8 Å². The highest BCUT2D eigenvalue weighted by molar-refractivity contribution is 5.77. The molecule has 3 heteroatoms. The van der Waals surface area contributed by atoms with Crippen LogP contribution in [-0.4, -0.2) is 37.1 Å². The van der Waals surface area contributed by atoms with Gasteiger partial charge >= 0.3 is 0 Å². The van der Waals surface area contributed by atoms with Gasteiger partial charge < -0.3 is 9.64 Å². The highest BCUT2D eigenvalue weighted by Crippen LogP contribution is 2.38. The molecule has 0 atom stereocenters. The third-order valence-corrected chi connectivity index (χ3v) is 3.31. The van der Waals surface area contributed by atoms with Gasteiger partial charge in [-0.25, -0.2) is 0 Å². The van der Waals surface area contributed by atoms with E-state index in [9.17, 15) is 4.79 Å². The molecule has 2 aliphatic heterocycles. The van der Waals surface area contributed by atoms with Crippen LogP contribution >= 0.6 is 0 Å². The third-order valence-electron chi connectivity index (χ3n) is 3.31. The number of hydrogen-bond donors (Lipinski definition) is 0. The van der Waals surface area contributed by atoms with Gasteiger partial charge in [0.25, 0.3) is 0 Å². The van der Waals surface area contributed by atoms with Crippen molar-refractivity contribution >= 4 is 5.91 Å². The van der Waals surface area contributed by atoms with E-state index in [0.717, 1.165) is 32.7 Å². The Morgan fingerprint density at radius 1 is 1.33 bits per heavy atom. The number of rotatable bonds is 2. The largest absolute Gasteiger partial charge is 0.380 e. The van der Waals surface area contributed by atoms with Gasteiger partial charge in [0.2, 0.25) is 5.91 Å². The Morgan fingerprint density at radius 2 is 1.93 bits per heavy atom. The van der Waals surface area contributed by atoms with Crippen LogP contribution in [0.4, 0.5) is 0 Å². The van der Waals surface area contributed by atoms with E-state index in [2.05, 4.69) is 20.8 Å². The number of likely N-dealkylation sites (tertiary alicyclic amines) is 1. The van der Waals surface area contributed by atoms with Gasteiger partial charge in [-0.05, 0) is 11.8 Å². The van der Waals surface area contributed by atoms with E-state index >= 15 is 0 Å². The third kappa shape index (κ3) is 2.33. The highest BCUT2D eigenvalue weighted by atomic mass is 16.5. The van der Waals surface area contributed by atoms with Crippen molar-refractivity contribution in [2.45, 2.75) is 33.6 Å². The van der Waals surface area contributed by atoms with Gasteiger partial charge in [0.05, 0.1) is 18.6 Å². The minimum atomic E-state index is 0.262. The van der Waals surface area contributed by atoms with Gasteiger partial charge in [0.15, 0.2) is 0 Å². The molecule has 86 valence electrons. The molecule has 15 heavy (non-hydrogen) atoms. The number of amides is 1. The van der Waals surface area contributed by atoms with Gasteiger partial charge in [-0.15, -0.1) is 0 Å². The van der Waals surface area contributed by atoms with Crippen LogP contribution in [0.25, 0.3) is 0 Å². The van der Waals surface area contributed by atoms with Crippen LogP contribution in [0.5, 0.6) is 0 Å². The van der Waals surface area contributed by atoms with Gasteiger partial charge in [-0.2, -0.15) is 0 Å². The molecule has 0 radical (unpaired) electrons. The lowest BCUT2D eigenvalue weighted by Crippen LogP contribution is -2.67. The Labute approximate surface area is 91.8 Å². The maximum atomic E-state index is 11.8. The molecule has 2 rings (SSSR count). The number of nitrogens with zero attached hydrogens (tertiary/aromatic N) is 1. The highest BCUT2D eigenvalue weighted by Gasteiger charge is 2.50. The van der Waals surface area contributed by atoms with Crippen molar-refractivity contribution in [2.75, 3.05) is 26.3 Å². The molecule has 0 unspecified atom stereocenters. The first-order valence-corrected chi connectivity index (χ1v) is 5.76. The number of carbonyl (C=O) groups is 1. The van der Waals surface area contributed by atoms with Gasteiger partial charge in [-0.1, -0.05) is 20.8 Å². The predicted molar refractivity (Wildman–Crippen MR) is 58.5 cm³/mol. The standard InChI is InChI=1S/C12H21NO2/c1-11(2,3)5-4-10(14)13-6-12(7-13)8-15-9-12/h4-9H2,1-3H3. The Balaban J connectivity index is 1.70. The lowest BCUT2D eigenvalue weighted by atomic mass is 9.77. The molecule has 1 spiro atoms. The molecule has 0 aromatic heterocycles. The second kappa shape index (κ2) is 3.48. The summed E-state index contributed by atoms with van der Waals surface area (Å²) >= 11 is 0. The molecule has 2 saturated heterocycles. The van der Waals surface area contributed by atoms with Crippen molar-refractivity contribution in [3.63, 3.8) is 0 Å². The molecule has 0 bridgehead atoms. The second-order valence-electron chi connectivity index (χ2n) is 6.30. The Morgan fingerprint density at radius 3 is 2.33 bits per heavy atom. The normalized spacial score (nSPS) is 23.5. The summed E-state index contributed by atoms with van der Waals surface area (Å²) in [5.41, 5.74) is 0.620. The summed E-state index contributed by atoms with van der Waals surface area (Å²) < 4.78 is 5.18. The van der Waals surface area contributed by atoms with Gasteiger partial charge in [0.1, 0.15) is 0 Å². The van der Waals surface area contributed by atoms with E-state index in [1.165, 1.54) is 0 Å². The maximum Gasteiger partial charge on any atom is 0.222 e. The summed E-state index contributed by atoms with van der Waals surface area (Å²) in [5.74, 6) is 0.322. The monoisotopic (exact) mass is 211 g/mol. The van der Waals surface area contributed by atoms with E-state index in [-0.39, 0.29) is 5.41 Å². The van der Waals surface area contributed by atoms with Crippen LogP contribution in [-0.2, 0) is 9.53 Å². The van der Waals surface area contributed by atoms with Crippen molar-refractivity contribution < 1.29 is 9.53 Å². The van der Waals surface area contributed by atoms with E-state index in [1.807, 2.05) is 4.90 Å². The minimum absolute atomic E-state index is 0.262. The average molecular weight is 211 g/mol. The van der Waals surface area contributed by atoms with E-state index in [4.69, 9.17) is 4.74 Å². The fourth-order valence-electron chi connectivity index (χ4n) is 2.15. The molecular weight excluding hydrogens is 190 g/mol.